The van der Waals surface area contributed by atoms with Gasteiger partial charge in [-0.2, -0.15) is 0 Å². The number of rotatable bonds is 5. The van der Waals surface area contributed by atoms with Gasteiger partial charge in [-0.3, -0.25) is 14.9 Å². The zero-order chi connectivity index (χ0) is 20.7. The van der Waals surface area contributed by atoms with Gasteiger partial charge in [-0.05, 0) is 25.7 Å². The zero-order valence-electron chi connectivity index (χ0n) is 18.5. The molecule has 0 bridgehead atoms. The summed E-state index contributed by atoms with van der Waals surface area (Å²) in [6.45, 7) is 0.215. The fourth-order valence-corrected chi connectivity index (χ4v) is 5.24. The van der Waals surface area contributed by atoms with E-state index in [1.807, 2.05) is 0 Å². The molecule has 0 saturated heterocycles. The number of hydrogen-bond acceptors (Lipinski definition) is 3. The van der Waals surface area contributed by atoms with Crippen LogP contribution in [0.25, 0.3) is 0 Å². The third-order valence-electron chi connectivity index (χ3n) is 7.18. The Morgan fingerprint density at radius 2 is 1.10 bits per heavy atom. The molecule has 2 saturated carbocycles. The standard InChI is InChI=1S/C24H44N2O3/c27-24(22-18-14-10-6-3-7-11-15-19-22)25-20-23(26(28)29)21-16-12-8-4-1-2-5-9-13-17-21/h21-23H,1-20H2,(H,25,27). The summed E-state index contributed by atoms with van der Waals surface area (Å²) in [5, 5.41) is 14.9. The second kappa shape index (κ2) is 14.8. The quantitative estimate of drug-likeness (QED) is 0.421. The Labute approximate surface area is 177 Å². The van der Waals surface area contributed by atoms with Crippen molar-refractivity contribution in [1.82, 2.24) is 5.32 Å². The molecule has 1 N–H and O–H groups in total. The van der Waals surface area contributed by atoms with Crippen molar-refractivity contribution in [2.45, 2.75) is 128 Å². The summed E-state index contributed by atoms with van der Waals surface area (Å²) in [5.74, 6) is 0.217. The SMILES string of the molecule is O=C(NCC(C1CCCCCCCCCC1)[N+](=O)[O-])C1CCCCCCCCC1. The Morgan fingerprint density at radius 3 is 1.52 bits per heavy atom. The highest BCUT2D eigenvalue weighted by Gasteiger charge is 2.32. The molecule has 1 amide bonds. The van der Waals surface area contributed by atoms with Gasteiger partial charge < -0.3 is 5.32 Å². The van der Waals surface area contributed by atoms with E-state index in [1.54, 1.807) is 0 Å². The lowest BCUT2D eigenvalue weighted by molar-refractivity contribution is -0.530. The van der Waals surface area contributed by atoms with Crippen molar-refractivity contribution in [2.75, 3.05) is 6.54 Å². The van der Waals surface area contributed by atoms with Crippen molar-refractivity contribution in [1.29, 1.82) is 0 Å². The van der Waals surface area contributed by atoms with E-state index in [4.69, 9.17) is 0 Å². The largest absolute Gasteiger partial charge is 0.349 e. The topological polar surface area (TPSA) is 72.2 Å². The van der Waals surface area contributed by atoms with Gasteiger partial charge in [0.15, 0.2) is 0 Å². The summed E-state index contributed by atoms with van der Waals surface area (Å²) < 4.78 is 0. The van der Waals surface area contributed by atoms with E-state index in [2.05, 4.69) is 5.32 Å². The van der Waals surface area contributed by atoms with Crippen LogP contribution in [0.3, 0.4) is 0 Å². The molecule has 2 aliphatic rings. The van der Waals surface area contributed by atoms with Crippen LogP contribution in [0.2, 0.25) is 0 Å². The van der Waals surface area contributed by atoms with Crippen LogP contribution >= 0.6 is 0 Å². The molecule has 0 spiro atoms. The normalized spacial score (nSPS) is 23.4. The van der Waals surface area contributed by atoms with Gasteiger partial charge in [-0.15, -0.1) is 0 Å². The third-order valence-corrected chi connectivity index (χ3v) is 7.18. The van der Waals surface area contributed by atoms with Crippen LogP contribution in [-0.4, -0.2) is 23.4 Å². The Kier molecular flexibility index (Phi) is 12.3. The summed E-state index contributed by atoms with van der Waals surface area (Å²) in [6.07, 6.45) is 22.0. The second-order valence-corrected chi connectivity index (χ2v) is 9.51. The first-order valence-corrected chi connectivity index (χ1v) is 12.6. The minimum absolute atomic E-state index is 0.0491. The van der Waals surface area contributed by atoms with Crippen LogP contribution in [0.5, 0.6) is 0 Å². The van der Waals surface area contributed by atoms with Gasteiger partial charge >= 0.3 is 0 Å². The molecule has 1 unspecified atom stereocenters. The number of amides is 1. The first-order chi connectivity index (χ1) is 14.2. The van der Waals surface area contributed by atoms with E-state index in [0.717, 1.165) is 51.4 Å². The van der Waals surface area contributed by atoms with E-state index in [0.29, 0.717) is 0 Å². The number of carbonyl (C=O) groups is 1. The van der Waals surface area contributed by atoms with Gasteiger partial charge in [0.1, 0.15) is 0 Å². The third kappa shape index (κ3) is 9.95. The molecular weight excluding hydrogens is 364 g/mol. The molecule has 29 heavy (non-hydrogen) atoms. The molecule has 2 aliphatic carbocycles. The van der Waals surface area contributed by atoms with Gasteiger partial charge in [0, 0.05) is 16.8 Å². The average Bonchev–Trinajstić information content (AvgIpc) is 2.78. The summed E-state index contributed by atoms with van der Waals surface area (Å²) in [5.41, 5.74) is 0. The minimum atomic E-state index is -0.626. The zero-order valence-corrected chi connectivity index (χ0v) is 18.5. The number of hydrogen-bond donors (Lipinski definition) is 1. The lowest BCUT2D eigenvalue weighted by Gasteiger charge is -2.23. The highest BCUT2D eigenvalue weighted by molar-refractivity contribution is 5.78. The summed E-state index contributed by atoms with van der Waals surface area (Å²) in [4.78, 5) is 24.5. The van der Waals surface area contributed by atoms with Gasteiger partial charge in [0.2, 0.25) is 11.9 Å². The van der Waals surface area contributed by atoms with E-state index in [1.165, 1.54) is 70.6 Å². The maximum Gasteiger partial charge on any atom is 0.232 e. The van der Waals surface area contributed by atoms with Crippen molar-refractivity contribution in [3.8, 4) is 0 Å². The van der Waals surface area contributed by atoms with Gasteiger partial charge in [-0.25, -0.2) is 0 Å². The van der Waals surface area contributed by atoms with Crippen LogP contribution < -0.4 is 5.32 Å². The maximum absolute atomic E-state index is 12.8. The highest BCUT2D eigenvalue weighted by atomic mass is 16.6. The molecule has 2 rings (SSSR count). The molecule has 0 heterocycles. The summed E-state index contributed by atoms with van der Waals surface area (Å²) in [7, 11) is 0. The Hall–Kier alpha value is -1.13. The molecule has 0 aliphatic heterocycles. The Bertz CT molecular complexity index is 447. The Morgan fingerprint density at radius 1 is 0.724 bits per heavy atom. The van der Waals surface area contributed by atoms with Crippen LogP contribution in [0.1, 0.15) is 122 Å². The molecule has 0 aromatic carbocycles. The van der Waals surface area contributed by atoms with Crippen LogP contribution in [0.15, 0.2) is 0 Å². The number of carbonyl (C=O) groups excluding carboxylic acids is 1. The monoisotopic (exact) mass is 408 g/mol. The number of nitro groups is 1. The van der Waals surface area contributed by atoms with Crippen LogP contribution in [-0.2, 0) is 4.79 Å². The van der Waals surface area contributed by atoms with Gasteiger partial charge in [0.25, 0.3) is 0 Å². The van der Waals surface area contributed by atoms with E-state index < -0.39 is 6.04 Å². The average molecular weight is 409 g/mol. The first kappa shape index (κ1) is 24.1. The molecule has 0 aromatic heterocycles. The second-order valence-electron chi connectivity index (χ2n) is 9.51. The molecule has 168 valence electrons. The molecule has 0 radical (unpaired) electrons. The highest BCUT2D eigenvalue weighted by Crippen LogP contribution is 2.26. The van der Waals surface area contributed by atoms with Crippen molar-refractivity contribution in [3.63, 3.8) is 0 Å². The molecule has 0 aromatic rings. The van der Waals surface area contributed by atoms with Crippen LogP contribution in [0.4, 0.5) is 0 Å². The van der Waals surface area contributed by atoms with E-state index in [9.17, 15) is 14.9 Å². The van der Waals surface area contributed by atoms with Crippen molar-refractivity contribution >= 4 is 5.91 Å². The molecule has 1 atom stereocenters. The van der Waals surface area contributed by atoms with Crippen molar-refractivity contribution < 1.29 is 9.72 Å². The lowest BCUT2D eigenvalue weighted by Crippen LogP contribution is -2.43. The first-order valence-electron chi connectivity index (χ1n) is 12.6. The summed E-state index contributed by atoms with van der Waals surface area (Å²) in [6, 6.07) is -0.626. The number of nitrogens with zero attached hydrogens (tertiary/aromatic N) is 1. The Balaban J connectivity index is 1.87. The van der Waals surface area contributed by atoms with Crippen molar-refractivity contribution in [3.05, 3.63) is 10.1 Å². The predicted molar refractivity (Wildman–Crippen MR) is 118 cm³/mol. The molecule has 2 fully saturated rings. The fraction of sp³-hybridized carbons (Fsp3) is 0.958. The van der Waals surface area contributed by atoms with E-state index in [-0.39, 0.29) is 29.2 Å². The van der Waals surface area contributed by atoms with Crippen LogP contribution in [0, 0.1) is 22.0 Å². The maximum atomic E-state index is 12.8. The smallest absolute Gasteiger partial charge is 0.232 e. The lowest BCUT2D eigenvalue weighted by atomic mass is 9.88. The van der Waals surface area contributed by atoms with Crippen molar-refractivity contribution in [2.24, 2.45) is 11.8 Å². The molecule has 5 nitrogen and oxygen atoms in total. The number of nitrogens with one attached hydrogen (secondary N) is 1. The summed E-state index contributed by atoms with van der Waals surface area (Å²) >= 11 is 0. The van der Waals surface area contributed by atoms with E-state index >= 15 is 0 Å². The fourth-order valence-electron chi connectivity index (χ4n) is 5.24. The van der Waals surface area contributed by atoms with Gasteiger partial charge in [-0.1, -0.05) is 96.3 Å². The van der Waals surface area contributed by atoms with Gasteiger partial charge in [0.05, 0.1) is 6.54 Å². The molecular formula is C24H44N2O3. The minimum Gasteiger partial charge on any atom is -0.349 e. The predicted octanol–water partition coefficient (Wildman–Crippen LogP) is 6.42. The molecule has 5 heteroatoms.